The number of nitrogens with one attached hydrogen (secondary N) is 3. The van der Waals surface area contributed by atoms with Gasteiger partial charge in [0.1, 0.15) is 5.75 Å². The van der Waals surface area contributed by atoms with Crippen LogP contribution in [0.3, 0.4) is 0 Å². The summed E-state index contributed by atoms with van der Waals surface area (Å²) in [5.74, 6) is 1.61. The molecule has 0 radical (unpaired) electrons. The molecule has 9 heteroatoms. The highest BCUT2D eigenvalue weighted by atomic mass is 127. The fourth-order valence-corrected chi connectivity index (χ4v) is 4.50. The van der Waals surface area contributed by atoms with Crippen molar-refractivity contribution in [2.75, 3.05) is 20.2 Å². The molecule has 0 amide bonds. The molecular formula is C23H33IN4O3S. The number of methoxy groups -OCH3 is 1. The van der Waals surface area contributed by atoms with Gasteiger partial charge in [0, 0.05) is 19.1 Å². The summed E-state index contributed by atoms with van der Waals surface area (Å²) in [4.78, 5) is 4.92. The Morgan fingerprint density at radius 2 is 1.84 bits per heavy atom. The first-order valence-electron chi connectivity index (χ1n) is 10.7. The first-order valence-corrected chi connectivity index (χ1v) is 12.2. The molecule has 2 aromatic rings. The summed E-state index contributed by atoms with van der Waals surface area (Å²) in [5.41, 5.74) is 3.31. The van der Waals surface area contributed by atoms with Crippen molar-refractivity contribution in [1.29, 1.82) is 0 Å². The van der Waals surface area contributed by atoms with E-state index in [4.69, 9.17) is 4.74 Å². The van der Waals surface area contributed by atoms with E-state index in [-0.39, 0.29) is 30.0 Å². The van der Waals surface area contributed by atoms with E-state index < -0.39 is 10.0 Å². The topological polar surface area (TPSA) is 91.8 Å². The second-order valence-electron chi connectivity index (χ2n) is 7.73. The molecule has 1 aliphatic rings. The van der Waals surface area contributed by atoms with Gasteiger partial charge in [-0.15, -0.1) is 24.0 Å². The summed E-state index contributed by atoms with van der Waals surface area (Å²) in [5, 5.41) is 6.60. The first-order chi connectivity index (χ1) is 14.9. The zero-order chi connectivity index (χ0) is 22.3. The normalized spacial score (nSPS) is 13.9. The van der Waals surface area contributed by atoms with E-state index in [9.17, 15) is 8.42 Å². The number of sulfonamides is 1. The van der Waals surface area contributed by atoms with Crippen LogP contribution in [0, 0.1) is 6.92 Å². The third kappa shape index (κ3) is 7.93. The highest BCUT2D eigenvalue weighted by molar-refractivity contribution is 14.0. The minimum Gasteiger partial charge on any atom is -0.496 e. The van der Waals surface area contributed by atoms with Crippen molar-refractivity contribution < 1.29 is 13.2 Å². The van der Waals surface area contributed by atoms with Crippen LogP contribution in [0.15, 0.2) is 52.4 Å². The highest BCUT2D eigenvalue weighted by Gasteiger charge is 2.27. The van der Waals surface area contributed by atoms with Gasteiger partial charge in [-0.2, -0.15) is 0 Å². The fraction of sp³-hybridized carbons (Fsp3) is 0.435. The van der Waals surface area contributed by atoms with Gasteiger partial charge in [-0.1, -0.05) is 29.8 Å². The average Bonchev–Trinajstić information content (AvgIpc) is 3.56. The monoisotopic (exact) mass is 572 g/mol. The number of ether oxygens (including phenoxy) is 1. The Labute approximate surface area is 208 Å². The van der Waals surface area contributed by atoms with Crippen LogP contribution in [-0.2, 0) is 23.0 Å². The number of nitrogens with zero attached hydrogens (tertiary/aromatic N) is 1. The molecule has 0 aliphatic heterocycles. The lowest BCUT2D eigenvalue weighted by Crippen LogP contribution is -2.38. The van der Waals surface area contributed by atoms with Gasteiger partial charge in [0.05, 0.1) is 18.6 Å². The molecule has 3 rings (SSSR count). The molecule has 7 nitrogen and oxygen atoms in total. The molecule has 2 aromatic carbocycles. The van der Waals surface area contributed by atoms with Gasteiger partial charge in [-0.25, -0.2) is 18.1 Å². The van der Waals surface area contributed by atoms with E-state index in [1.807, 2.05) is 31.2 Å². The molecule has 1 aliphatic carbocycles. The van der Waals surface area contributed by atoms with E-state index in [1.54, 1.807) is 19.2 Å². The van der Waals surface area contributed by atoms with Crippen LogP contribution in [0.25, 0.3) is 0 Å². The fourth-order valence-electron chi connectivity index (χ4n) is 3.19. The van der Waals surface area contributed by atoms with Crippen LogP contribution < -0.4 is 20.1 Å². The molecule has 0 spiro atoms. The van der Waals surface area contributed by atoms with E-state index in [1.165, 1.54) is 5.56 Å². The molecular weight excluding hydrogens is 539 g/mol. The van der Waals surface area contributed by atoms with Gasteiger partial charge in [0.25, 0.3) is 0 Å². The number of guanidine groups is 1. The largest absolute Gasteiger partial charge is 0.496 e. The SMILES string of the molecule is CCNC(=NCc1ccc(S(=O)(=O)NC2CC2)cc1)NCCc1cc(C)ccc1OC.I. The maximum atomic E-state index is 12.3. The van der Waals surface area contributed by atoms with E-state index in [2.05, 4.69) is 33.3 Å². The number of hydrogen-bond donors (Lipinski definition) is 3. The van der Waals surface area contributed by atoms with Crippen LogP contribution in [0.2, 0.25) is 0 Å². The van der Waals surface area contributed by atoms with Crippen molar-refractivity contribution in [2.24, 2.45) is 4.99 Å². The molecule has 1 saturated carbocycles. The van der Waals surface area contributed by atoms with E-state index in [0.29, 0.717) is 11.4 Å². The number of rotatable bonds is 10. The Hall–Kier alpha value is -1.85. The molecule has 32 heavy (non-hydrogen) atoms. The first kappa shape index (κ1) is 26.4. The Kier molecular flexibility index (Phi) is 10.2. The lowest BCUT2D eigenvalue weighted by molar-refractivity contribution is 0.409. The van der Waals surface area contributed by atoms with Gasteiger partial charge in [0.2, 0.25) is 10.0 Å². The summed E-state index contributed by atoms with van der Waals surface area (Å²) in [6.45, 7) is 6.02. The molecule has 3 N–H and O–H groups in total. The predicted molar refractivity (Wildman–Crippen MR) is 139 cm³/mol. The summed E-state index contributed by atoms with van der Waals surface area (Å²) >= 11 is 0. The maximum Gasteiger partial charge on any atom is 0.240 e. The van der Waals surface area contributed by atoms with E-state index >= 15 is 0 Å². The summed E-state index contributed by atoms with van der Waals surface area (Å²) in [6.07, 6.45) is 2.65. The van der Waals surface area contributed by atoms with Crippen LogP contribution in [0.5, 0.6) is 5.75 Å². The number of halogens is 1. The van der Waals surface area contributed by atoms with Gasteiger partial charge >= 0.3 is 0 Å². The second kappa shape index (κ2) is 12.4. The lowest BCUT2D eigenvalue weighted by atomic mass is 10.1. The van der Waals surface area contributed by atoms with Gasteiger partial charge in [0.15, 0.2) is 5.96 Å². The zero-order valence-corrected chi connectivity index (χ0v) is 22.0. The number of aliphatic imine (C=N–C) groups is 1. The minimum atomic E-state index is -3.42. The van der Waals surface area contributed by atoms with E-state index in [0.717, 1.165) is 55.2 Å². The molecule has 1 fully saturated rings. The summed E-state index contributed by atoms with van der Waals surface area (Å²) in [7, 11) is -1.74. The third-order valence-corrected chi connectivity index (χ3v) is 6.56. The molecule has 0 unspecified atom stereocenters. The van der Waals surface area contributed by atoms with Crippen LogP contribution in [-0.4, -0.2) is 40.6 Å². The van der Waals surface area contributed by atoms with Crippen molar-refractivity contribution >= 4 is 40.0 Å². The Bertz CT molecular complexity index is 1010. The van der Waals surface area contributed by atoms with Gasteiger partial charge in [-0.3, -0.25) is 0 Å². The Balaban J connectivity index is 0.00000363. The number of hydrogen-bond acceptors (Lipinski definition) is 4. The Morgan fingerprint density at radius 1 is 1.12 bits per heavy atom. The average molecular weight is 573 g/mol. The lowest BCUT2D eigenvalue weighted by Gasteiger charge is -2.13. The molecule has 0 saturated heterocycles. The molecule has 0 heterocycles. The van der Waals surface area contributed by atoms with Crippen molar-refractivity contribution in [3.8, 4) is 5.75 Å². The smallest absolute Gasteiger partial charge is 0.240 e. The van der Waals surface area contributed by atoms with Crippen LogP contribution in [0.1, 0.15) is 36.5 Å². The quantitative estimate of drug-likeness (QED) is 0.231. The second-order valence-corrected chi connectivity index (χ2v) is 9.44. The predicted octanol–water partition coefficient (Wildman–Crippen LogP) is 3.36. The molecule has 0 atom stereocenters. The minimum absolute atomic E-state index is 0. The zero-order valence-electron chi connectivity index (χ0n) is 18.8. The van der Waals surface area contributed by atoms with Gasteiger partial charge < -0.3 is 15.4 Å². The Morgan fingerprint density at radius 3 is 2.47 bits per heavy atom. The summed E-state index contributed by atoms with van der Waals surface area (Å²) in [6, 6.07) is 13.2. The van der Waals surface area contributed by atoms with Crippen molar-refractivity contribution in [3.05, 3.63) is 59.2 Å². The third-order valence-electron chi connectivity index (χ3n) is 5.02. The maximum absolute atomic E-state index is 12.3. The van der Waals surface area contributed by atoms with Crippen LogP contribution in [0.4, 0.5) is 0 Å². The molecule has 0 bridgehead atoms. The summed E-state index contributed by atoms with van der Waals surface area (Å²) < 4.78 is 32.7. The highest BCUT2D eigenvalue weighted by Crippen LogP contribution is 2.22. The standard InChI is InChI=1S/C23H32N4O3S.HI/c1-4-24-23(25-14-13-19-15-17(2)5-12-22(19)30-3)26-16-18-6-10-21(11-7-18)31(28,29)27-20-8-9-20;/h5-7,10-12,15,20,27H,4,8-9,13-14,16H2,1-3H3,(H2,24,25,26);1H. The van der Waals surface area contributed by atoms with Gasteiger partial charge in [-0.05, 0) is 62.4 Å². The molecule has 176 valence electrons. The van der Waals surface area contributed by atoms with Crippen molar-refractivity contribution in [3.63, 3.8) is 0 Å². The van der Waals surface area contributed by atoms with Crippen molar-refractivity contribution in [1.82, 2.24) is 15.4 Å². The number of benzene rings is 2. The number of aryl methyl sites for hydroxylation is 1. The molecule has 0 aromatic heterocycles. The van der Waals surface area contributed by atoms with Crippen molar-refractivity contribution in [2.45, 2.75) is 50.6 Å². The van der Waals surface area contributed by atoms with Crippen LogP contribution >= 0.6 is 24.0 Å².